The Kier molecular flexibility index (Phi) is 5.16. The number of nitriles is 1. The number of benzene rings is 1. The molecule has 0 spiro atoms. The van der Waals surface area contributed by atoms with Crippen molar-refractivity contribution in [2.45, 2.75) is 19.4 Å². The summed E-state index contributed by atoms with van der Waals surface area (Å²) in [5, 5.41) is 17.6. The van der Waals surface area contributed by atoms with Gasteiger partial charge in [0.15, 0.2) is 10.8 Å². The summed E-state index contributed by atoms with van der Waals surface area (Å²) in [6.07, 6.45) is 3.40. The first-order chi connectivity index (χ1) is 14.5. The summed E-state index contributed by atoms with van der Waals surface area (Å²) in [5.41, 5.74) is 8.36. The molecular formula is C20H16ClFN8. The van der Waals surface area contributed by atoms with Crippen LogP contribution in [0.2, 0.25) is 5.15 Å². The van der Waals surface area contributed by atoms with Crippen molar-refractivity contribution in [2.24, 2.45) is 0 Å². The van der Waals surface area contributed by atoms with Crippen LogP contribution in [0.5, 0.6) is 0 Å². The molecule has 3 N–H and O–H groups in total. The van der Waals surface area contributed by atoms with Crippen LogP contribution in [0.25, 0.3) is 16.9 Å². The smallest absolute Gasteiger partial charge is 0.155 e. The largest absolute Gasteiger partial charge is 0.382 e. The Balaban J connectivity index is 1.88. The lowest BCUT2D eigenvalue weighted by molar-refractivity contribution is 0.628. The molecule has 4 aromatic rings. The van der Waals surface area contributed by atoms with E-state index in [1.165, 1.54) is 29.2 Å². The van der Waals surface area contributed by atoms with E-state index in [1.54, 1.807) is 12.1 Å². The van der Waals surface area contributed by atoms with E-state index in [2.05, 4.69) is 25.4 Å². The molecule has 0 bridgehead atoms. The molecular weight excluding hydrogens is 407 g/mol. The summed E-state index contributed by atoms with van der Waals surface area (Å²) < 4.78 is 15.4. The lowest BCUT2D eigenvalue weighted by Crippen LogP contribution is -2.16. The first-order valence-corrected chi connectivity index (χ1v) is 9.46. The number of nitrogens with two attached hydrogens (primary N) is 1. The molecule has 0 unspecified atom stereocenters. The van der Waals surface area contributed by atoms with Crippen LogP contribution in [0, 0.1) is 17.1 Å². The number of halogens is 2. The molecule has 150 valence electrons. The number of nitrogens with one attached hydrogen (secondary N) is 1. The van der Waals surface area contributed by atoms with Gasteiger partial charge in [-0.3, -0.25) is 0 Å². The predicted molar refractivity (Wildman–Crippen MR) is 111 cm³/mol. The molecule has 0 fully saturated rings. The molecule has 0 aliphatic rings. The van der Waals surface area contributed by atoms with Crippen molar-refractivity contribution in [1.29, 1.82) is 5.26 Å². The van der Waals surface area contributed by atoms with Crippen LogP contribution in [-0.4, -0.2) is 24.6 Å². The number of fused-ring (bicyclic) bond motifs is 1. The van der Waals surface area contributed by atoms with Gasteiger partial charge in [-0.1, -0.05) is 30.7 Å². The maximum atomic E-state index is 13.9. The van der Waals surface area contributed by atoms with Gasteiger partial charge in [0.05, 0.1) is 17.9 Å². The van der Waals surface area contributed by atoms with Gasteiger partial charge in [-0.05, 0) is 24.6 Å². The van der Waals surface area contributed by atoms with Gasteiger partial charge < -0.3 is 11.1 Å². The molecule has 0 amide bonds. The van der Waals surface area contributed by atoms with Crippen molar-refractivity contribution in [2.75, 3.05) is 11.1 Å². The SMILES string of the molecule is CC[C@H](Nc1ncnc(N)c1C#N)c1cc2ncc(Cl)n2nc1-c1cccc(F)c1. The standard InChI is InChI=1S/C20H16ClFN8/c1-2-15(28-20-14(8-23)19(24)26-10-27-20)13-7-17-25-9-16(21)30(17)29-18(13)11-4-3-5-12(22)6-11/h3-7,9-10,15H,2H2,1H3,(H3,24,26,27,28)/t15-/m0/s1. The second-order valence-electron chi connectivity index (χ2n) is 6.51. The second kappa shape index (κ2) is 7.93. The molecule has 1 aromatic carbocycles. The summed E-state index contributed by atoms with van der Waals surface area (Å²) in [6.45, 7) is 1.96. The third-order valence-electron chi connectivity index (χ3n) is 4.66. The third-order valence-corrected chi connectivity index (χ3v) is 4.92. The van der Waals surface area contributed by atoms with Crippen LogP contribution in [0.3, 0.4) is 0 Å². The summed E-state index contributed by atoms with van der Waals surface area (Å²) in [4.78, 5) is 12.3. The van der Waals surface area contributed by atoms with E-state index in [0.717, 1.165) is 5.56 Å². The van der Waals surface area contributed by atoms with Crippen molar-refractivity contribution >= 4 is 28.9 Å². The number of rotatable bonds is 5. The van der Waals surface area contributed by atoms with Crippen LogP contribution in [0.15, 0.2) is 42.9 Å². The first-order valence-electron chi connectivity index (χ1n) is 9.09. The minimum Gasteiger partial charge on any atom is -0.382 e. The predicted octanol–water partition coefficient (Wildman–Crippen LogP) is 4.00. The van der Waals surface area contributed by atoms with E-state index in [9.17, 15) is 9.65 Å². The topological polar surface area (TPSA) is 118 Å². The summed E-state index contributed by atoms with van der Waals surface area (Å²) in [7, 11) is 0. The highest BCUT2D eigenvalue weighted by atomic mass is 35.5. The lowest BCUT2D eigenvalue weighted by atomic mass is 9.98. The number of hydrogen-bond donors (Lipinski definition) is 2. The van der Waals surface area contributed by atoms with Gasteiger partial charge in [-0.15, -0.1) is 0 Å². The fraction of sp³-hybridized carbons (Fsp3) is 0.150. The molecule has 0 saturated heterocycles. The minimum absolute atomic E-state index is 0.0869. The zero-order valence-electron chi connectivity index (χ0n) is 15.8. The Morgan fingerprint density at radius 1 is 1.30 bits per heavy atom. The van der Waals surface area contributed by atoms with Gasteiger partial charge in [-0.2, -0.15) is 10.4 Å². The number of anilines is 2. The molecule has 8 nitrogen and oxygen atoms in total. The van der Waals surface area contributed by atoms with Crippen LogP contribution >= 0.6 is 11.6 Å². The fourth-order valence-corrected chi connectivity index (χ4v) is 3.38. The average Bonchev–Trinajstić information content (AvgIpc) is 3.11. The molecule has 10 heteroatoms. The maximum absolute atomic E-state index is 13.9. The zero-order chi connectivity index (χ0) is 21.3. The monoisotopic (exact) mass is 422 g/mol. The minimum atomic E-state index is -0.381. The van der Waals surface area contributed by atoms with Crippen LogP contribution in [0.4, 0.5) is 16.0 Å². The third kappa shape index (κ3) is 3.49. The van der Waals surface area contributed by atoms with Gasteiger partial charge in [0.1, 0.15) is 35.4 Å². The molecule has 0 radical (unpaired) electrons. The first kappa shape index (κ1) is 19.5. The van der Waals surface area contributed by atoms with Crippen LogP contribution < -0.4 is 11.1 Å². The molecule has 0 saturated carbocycles. The zero-order valence-corrected chi connectivity index (χ0v) is 16.6. The quantitative estimate of drug-likeness (QED) is 0.499. The lowest BCUT2D eigenvalue weighted by Gasteiger charge is -2.21. The number of aromatic nitrogens is 5. The maximum Gasteiger partial charge on any atom is 0.155 e. The number of nitrogens with zero attached hydrogens (tertiary/aromatic N) is 6. The normalized spacial score (nSPS) is 11.9. The Morgan fingerprint density at radius 2 is 2.13 bits per heavy atom. The summed E-state index contributed by atoms with van der Waals surface area (Å²) in [6, 6.07) is 9.68. The van der Waals surface area contributed by atoms with Crippen molar-refractivity contribution in [3.8, 4) is 17.3 Å². The van der Waals surface area contributed by atoms with Crippen molar-refractivity contribution in [3.05, 3.63) is 65.0 Å². The Bertz CT molecular complexity index is 1280. The molecule has 30 heavy (non-hydrogen) atoms. The Morgan fingerprint density at radius 3 is 2.87 bits per heavy atom. The molecule has 1 atom stereocenters. The number of nitrogen functional groups attached to an aromatic ring is 1. The van der Waals surface area contributed by atoms with Gasteiger partial charge in [0.25, 0.3) is 0 Å². The molecule has 3 heterocycles. The van der Waals surface area contributed by atoms with E-state index in [4.69, 9.17) is 17.3 Å². The molecule has 0 aliphatic carbocycles. The highest BCUT2D eigenvalue weighted by Crippen LogP contribution is 2.33. The average molecular weight is 423 g/mol. The fourth-order valence-electron chi connectivity index (χ4n) is 3.21. The van der Waals surface area contributed by atoms with E-state index >= 15 is 0 Å². The molecule has 4 rings (SSSR count). The highest BCUT2D eigenvalue weighted by molar-refractivity contribution is 6.29. The Labute approximate surface area is 176 Å². The molecule has 0 aliphatic heterocycles. The van der Waals surface area contributed by atoms with Crippen LogP contribution in [0.1, 0.15) is 30.5 Å². The number of hydrogen-bond acceptors (Lipinski definition) is 7. The summed E-state index contributed by atoms with van der Waals surface area (Å²) >= 11 is 6.20. The second-order valence-corrected chi connectivity index (χ2v) is 6.90. The number of imidazole rings is 1. The van der Waals surface area contributed by atoms with E-state index in [1.807, 2.05) is 19.1 Å². The van der Waals surface area contributed by atoms with Gasteiger partial charge >= 0.3 is 0 Å². The summed E-state index contributed by atoms with van der Waals surface area (Å²) in [5.74, 6) is 0.0144. The molecule has 3 aromatic heterocycles. The van der Waals surface area contributed by atoms with Gasteiger partial charge in [0, 0.05) is 11.1 Å². The van der Waals surface area contributed by atoms with Gasteiger partial charge in [-0.25, -0.2) is 23.9 Å². The van der Waals surface area contributed by atoms with Crippen molar-refractivity contribution in [3.63, 3.8) is 0 Å². The highest BCUT2D eigenvalue weighted by Gasteiger charge is 2.21. The van der Waals surface area contributed by atoms with Gasteiger partial charge in [0.2, 0.25) is 0 Å². The Hall–Kier alpha value is -3.77. The van der Waals surface area contributed by atoms with Crippen LogP contribution in [-0.2, 0) is 0 Å². The van der Waals surface area contributed by atoms with Crippen molar-refractivity contribution in [1.82, 2.24) is 24.6 Å². The van der Waals surface area contributed by atoms with E-state index in [0.29, 0.717) is 34.3 Å². The van der Waals surface area contributed by atoms with E-state index < -0.39 is 0 Å². The van der Waals surface area contributed by atoms with Crippen molar-refractivity contribution < 1.29 is 4.39 Å². The van der Waals surface area contributed by atoms with E-state index in [-0.39, 0.29) is 23.2 Å².